The lowest BCUT2D eigenvalue weighted by Crippen LogP contribution is -2.30. The van der Waals surface area contributed by atoms with E-state index in [9.17, 15) is 0 Å². The number of ether oxygens (including phenoxy) is 1. The molecule has 1 aliphatic rings. The first-order valence-electron chi connectivity index (χ1n) is 8.66. The molecule has 3 atom stereocenters. The third-order valence-corrected chi connectivity index (χ3v) is 5.12. The number of hydrogen-bond donors (Lipinski definition) is 1. The fourth-order valence-corrected chi connectivity index (χ4v) is 3.67. The van der Waals surface area contributed by atoms with Gasteiger partial charge in [0.1, 0.15) is 5.75 Å². The Morgan fingerprint density at radius 3 is 2.58 bits per heavy atom. The fraction of sp³-hybridized carbons (Fsp3) is 0.450. The molecule has 0 spiro atoms. The van der Waals surface area contributed by atoms with E-state index in [1.54, 1.807) is 7.11 Å². The molecule has 1 aromatic heterocycles. The third-order valence-electron chi connectivity index (χ3n) is 5.12. The summed E-state index contributed by atoms with van der Waals surface area (Å²) in [5.74, 6) is 1.54. The Hall–Kier alpha value is -1.91. The summed E-state index contributed by atoms with van der Waals surface area (Å²) in [6.45, 7) is 4.38. The standard InChI is InChI=1S/C20H27N3O/c1-15(16-8-11-21-12-9-16)22-14-18-10-13-23(2)20(18)17-4-6-19(24-3)7-5-17/h4-9,11-12,15,18,20,22H,10,13-14H2,1-3H3/t15-,18+,20-/m1/s1. The van der Waals surface area contributed by atoms with Crippen LogP contribution in [0, 0.1) is 5.92 Å². The predicted octanol–water partition coefficient (Wildman–Crippen LogP) is 3.43. The van der Waals surface area contributed by atoms with Crippen molar-refractivity contribution in [3.63, 3.8) is 0 Å². The number of aromatic nitrogens is 1. The summed E-state index contributed by atoms with van der Waals surface area (Å²) >= 11 is 0. The van der Waals surface area contributed by atoms with Gasteiger partial charge in [0, 0.05) is 31.0 Å². The van der Waals surface area contributed by atoms with E-state index in [1.165, 1.54) is 17.5 Å². The highest BCUT2D eigenvalue weighted by atomic mass is 16.5. The Labute approximate surface area is 144 Å². The second-order valence-corrected chi connectivity index (χ2v) is 6.66. The maximum atomic E-state index is 5.28. The van der Waals surface area contributed by atoms with Gasteiger partial charge in [-0.2, -0.15) is 0 Å². The van der Waals surface area contributed by atoms with Gasteiger partial charge in [-0.05, 0) is 68.2 Å². The lowest BCUT2D eigenvalue weighted by Gasteiger charge is -2.27. The van der Waals surface area contributed by atoms with Crippen molar-refractivity contribution in [3.8, 4) is 5.75 Å². The number of pyridine rings is 1. The molecule has 3 rings (SSSR count). The lowest BCUT2D eigenvalue weighted by molar-refractivity contribution is 0.268. The van der Waals surface area contributed by atoms with Crippen LogP contribution >= 0.6 is 0 Å². The zero-order valence-corrected chi connectivity index (χ0v) is 14.8. The van der Waals surface area contributed by atoms with Crippen LogP contribution in [-0.4, -0.2) is 37.1 Å². The van der Waals surface area contributed by atoms with Gasteiger partial charge >= 0.3 is 0 Å². The Balaban J connectivity index is 1.65. The molecule has 1 fully saturated rings. The minimum Gasteiger partial charge on any atom is -0.497 e. The summed E-state index contributed by atoms with van der Waals surface area (Å²) in [6, 6.07) is 13.5. The summed E-state index contributed by atoms with van der Waals surface area (Å²) < 4.78 is 5.28. The molecule has 0 radical (unpaired) electrons. The Bertz CT molecular complexity index is 629. The van der Waals surface area contributed by atoms with Gasteiger partial charge in [-0.15, -0.1) is 0 Å². The van der Waals surface area contributed by atoms with Crippen molar-refractivity contribution in [2.24, 2.45) is 5.92 Å². The summed E-state index contributed by atoms with van der Waals surface area (Å²) in [5, 5.41) is 3.70. The molecule has 0 saturated carbocycles. The van der Waals surface area contributed by atoms with Gasteiger partial charge in [0.05, 0.1) is 7.11 Å². The monoisotopic (exact) mass is 325 g/mol. The number of hydrogen-bond acceptors (Lipinski definition) is 4. The van der Waals surface area contributed by atoms with Crippen molar-refractivity contribution in [1.82, 2.24) is 15.2 Å². The van der Waals surface area contributed by atoms with Crippen LogP contribution in [0.3, 0.4) is 0 Å². The SMILES string of the molecule is COc1ccc([C@@H]2[C@H](CN[C@H](C)c3ccncc3)CCN2C)cc1. The molecule has 128 valence electrons. The summed E-state index contributed by atoms with van der Waals surface area (Å²) in [6.07, 6.45) is 4.94. The lowest BCUT2D eigenvalue weighted by atomic mass is 9.93. The Morgan fingerprint density at radius 1 is 1.21 bits per heavy atom. The van der Waals surface area contributed by atoms with Crippen molar-refractivity contribution >= 4 is 0 Å². The van der Waals surface area contributed by atoms with Crippen molar-refractivity contribution in [3.05, 3.63) is 59.9 Å². The molecule has 0 bridgehead atoms. The highest BCUT2D eigenvalue weighted by molar-refractivity contribution is 5.30. The van der Waals surface area contributed by atoms with Crippen LogP contribution in [0.25, 0.3) is 0 Å². The predicted molar refractivity (Wildman–Crippen MR) is 97.1 cm³/mol. The first-order valence-corrected chi connectivity index (χ1v) is 8.66. The largest absolute Gasteiger partial charge is 0.497 e. The van der Waals surface area contributed by atoms with Gasteiger partial charge in [0.25, 0.3) is 0 Å². The summed E-state index contributed by atoms with van der Waals surface area (Å²) in [4.78, 5) is 6.56. The maximum absolute atomic E-state index is 5.28. The second kappa shape index (κ2) is 7.77. The molecule has 0 aliphatic carbocycles. The van der Waals surface area contributed by atoms with Gasteiger partial charge in [-0.25, -0.2) is 0 Å². The molecule has 1 aliphatic heterocycles. The molecule has 1 saturated heterocycles. The molecule has 4 nitrogen and oxygen atoms in total. The number of methoxy groups -OCH3 is 1. The topological polar surface area (TPSA) is 37.4 Å². The van der Waals surface area contributed by atoms with E-state index in [4.69, 9.17) is 4.74 Å². The number of nitrogens with one attached hydrogen (secondary N) is 1. The quantitative estimate of drug-likeness (QED) is 0.883. The van der Waals surface area contributed by atoms with Gasteiger partial charge in [-0.3, -0.25) is 9.88 Å². The number of benzene rings is 1. The van der Waals surface area contributed by atoms with Crippen LogP contribution in [0.1, 0.15) is 36.6 Å². The zero-order chi connectivity index (χ0) is 16.9. The highest BCUT2D eigenvalue weighted by Gasteiger charge is 2.32. The molecular weight excluding hydrogens is 298 g/mol. The molecule has 1 aromatic carbocycles. The van der Waals surface area contributed by atoms with Crippen molar-refractivity contribution in [1.29, 1.82) is 0 Å². The van der Waals surface area contributed by atoms with Crippen molar-refractivity contribution in [2.75, 3.05) is 27.2 Å². The van der Waals surface area contributed by atoms with E-state index < -0.39 is 0 Å². The van der Waals surface area contributed by atoms with E-state index in [0.29, 0.717) is 18.0 Å². The first kappa shape index (κ1) is 16.9. The second-order valence-electron chi connectivity index (χ2n) is 6.66. The van der Waals surface area contributed by atoms with E-state index in [-0.39, 0.29) is 0 Å². The van der Waals surface area contributed by atoms with E-state index in [1.807, 2.05) is 12.4 Å². The number of rotatable bonds is 6. The van der Waals surface area contributed by atoms with E-state index >= 15 is 0 Å². The zero-order valence-electron chi connectivity index (χ0n) is 14.8. The van der Waals surface area contributed by atoms with Crippen LogP contribution in [0.4, 0.5) is 0 Å². The molecule has 0 amide bonds. The van der Waals surface area contributed by atoms with Gasteiger partial charge in [0.2, 0.25) is 0 Å². The van der Waals surface area contributed by atoms with Crippen LogP contribution < -0.4 is 10.1 Å². The average molecular weight is 325 g/mol. The number of likely N-dealkylation sites (tertiary alicyclic amines) is 1. The minimum atomic E-state index is 0.343. The molecular formula is C20H27N3O. The van der Waals surface area contributed by atoms with Gasteiger partial charge in [-0.1, -0.05) is 12.1 Å². The fourth-order valence-electron chi connectivity index (χ4n) is 3.67. The first-order chi connectivity index (χ1) is 11.7. The summed E-state index contributed by atoms with van der Waals surface area (Å²) in [5.41, 5.74) is 2.66. The van der Waals surface area contributed by atoms with Crippen molar-refractivity contribution in [2.45, 2.75) is 25.4 Å². The van der Waals surface area contributed by atoms with E-state index in [2.05, 4.69) is 65.6 Å². The molecule has 0 unspecified atom stereocenters. The normalized spacial score (nSPS) is 22.5. The molecule has 2 heterocycles. The van der Waals surface area contributed by atoms with Crippen LogP contribution in [0.5, 0.6) is 5.75 Å². The van der Waals surface area contributed by atoms with Crippen LogP contribution in [0.2, 0.25) is 0 Å². The Kier molecular flexibility index (Phi) is 5.48. The molecule has 1 N–H and O–H groups in total. The number of nitrogens with zero attached hydrogens (tertiary/aromatic N) is 2. The van der Waals surface area contributed by atoms with E-state index in [0.717, 1.165) is 18.8 Å². The molecule has 2 aromatic rings. The maximum Gasteiger partial charge on any atom is 0.118 e. The minimum absolute atomic E-state index is 0.343. The highest BCUT2D eigenvalue weighted by Crippen LogP contribution is 2.36. The molecule has 24 heavy (non-hydrogen) atoms. The molecule has 4 heteroatoms. The average Bonchev–Trinajstić information content (AvgIpc) is 3.01. The van der Waals surface area contributed by atoms with Crippen LogP contribution in [0.15, 0.2) is 48.8 Å². The Morgan fingerprint density at radius 2 is 1.92 bits per heavy atom. The van der Waals surface area contributed by atoms with Gasteiger partial charge in [0.15, 0.2) is 0 Å². The van der Waals surface area contributed by atoms with Crippen molar-refractivity contribution < 1.29 is 4.74 Å². The summed E-state index contributed by atoms with van der Waals surface area (Å²) in [7, 11) is 3.94. The van der Waals surface area contributed by atoms with Gasteiger partial charge < -0.3 is 10.1 Å². The smallest absolute Gasteiger partial charge is 0.118 e. The third kappa shape index (κ3) is 3.77. The van der Waals surface area contributed by atoms with Crippen LogP contribution in [-0.2, 0) is 0 Å².